The van der Waals surface area contributed by atoms with Crippen LogP contribution in [0.4, 0.5) is 0 Å². The number of amides is 1. The molecule has 0 aromatic heterocycles. The molecular weight excluding hydrogens is 372 g/mol. The monoisotopic (exact) mass is 396 g/mol. The number of nitrogens with one attached hydrogen (secondary N) is 1. The highest BCUT2D eigenvalue weighted by atomic mass is 32.2. The van der Waals surface area contributed by atoms with Gasteiger partial charge >= 0.3 is 0 Å². The number of rotatable bonds is 6. The van der Waals surface area contributed by atoms with Crippen LogP contribution in [0.1, 0.15) is 41.6 Å². The van der Waals surface area contributed by atoms with E-state index in [0.717, 1.165) is 31.2 Å². The van der Waals surface area contributed by atoms with Crippen LogP contribution in [0.5, 0.6) is 0 Å². The highest BCUT2D eigenvalue weighted by molar-refractivity contribution is 7.89. The average molecular weight is 397 g/mol. The van der Waals surface area contributed by atoms with E-state index in [1.54, 1.807) is 12.1 Å². The Hall–Kier alpha value is -2.44. The summed E-state index contributed by atoms with van der Waals surface area (Å²) in [6, 6.07) is 16.4. The van der Waals surface area contributed by atoms with E-state index >= 15 is 0 Å². The molecule has 2 aromatic carbocycles. The fourth-order valence-corrected chi connectivity index (χ4v) is 4.83. The number of carbonyl (C=O) groups is 1. The SMILES string of the molecule is O=C(c1cccc(S(=O)(=O)NC2CC2)c1)N1CCCC1C=Cc1ccccc1. The third-order valence-electron chi connectivity index (χ3n) is 5.16. The number of hydrogen-bond acceptors (Lipinski definition) is 3. The molecule has 5 nitrogen and oxygen atoms in total. The first-order valence-corrected chi connectivity index (χ1v) is 11.2. The van der Waals surface area contributed by atoms with Crippen LogP contribution >= 0.6 is 0 Å². The second kappa shape index (κ2) is 7.89. The van der Waals surface area contributed by atoms with Gasteiger partial charge in [0, 0.05) is 18.2 Å². The topological polar surface area (TPSA) is 66.5 Å². The number of sulfonamides is 1. The van der Waals surface area contributed by atoms with Gasteiger partial charge in [-0.3, -0.25) is 4.79 Å². The summed E-state index contributed by atoms with van der Waals surface area (Å²) in [5.74, 6) is -0.122. The van der Waals surface area contributed by atoms with Gasteiger partial charge in [0.1, 0.15) is 0 Å². The molecule has 0 bridgehead atoms. The van der Waals surface area contributed by atoms with Crippen LogP contribution in [0.25, 0.3) is 6.08 Å². The Morgan fingerprint density at radius 2 is 1.82 bits per heavy atom. The molecule has 1 N–H and O–H groups in total. The van der Waals surface area contributed by atoms with Gasteiger partial charge in [-0.05, 0) is 49.4 Å². The molecular formula is C22H24N2O3S. The smallest absolute Gasteiger partial charge is 0.254 e. The molecule has 1 atom stereocenters. The van der Waals surface area contributed by atoms with E-state index in [9.17, 15) is 13.2 Å². The van der Waals surface area contributed by atoms with Gasteiger partial charge in [0.05, 0.1) is 10.9 Å². The zero-order chi connectivity index (χ0) is 19.6. The van der Waals surface area contributed by atoms with Crippen molar-refractivity contribution in [2.75, 3.05) is 6.54 Å². The molecule has 28 heavy (non-hydrogen) atoms. The molecule has 146 valence electrons. The molecule has 1 aliphatic carbocycles. The quantitative estimate of drug-likeness (QED) is 0.813. The Kier molecular flexibility index (Phi) is 5.33. The van der Waals surface area contributed by atoms with Crippen molar-refractivity contribution < 1.29 is 13.2 Å². The van der Waals surface area contributed by atoms with Crippen molar-refractivity contribution in [1.29, 1.82) is 0 Å². The van der Waals surface area contributed by atoms with E-state index in [-0.39, 0.29) is 22.9 Å². The molecule has 2 fully saturated rings. The summed E-state index contributed by atoms with van der Waals surface area (Å²) in [6.45, 7) is 0.680. The Bertz CT molecular complexity index is 982. The van der Waals surface area contributed by atoms with Gasteiger partial charge in [-0.1, -0.05) is 48.6 Å². The molecule has 2 aromatic rings. The molecule has 1 saturated heterocycles. The van der Waals surface area contributed by atoms with E-state index in [2.05, 4.69) is 10.8 Å². The molecule has 0 spiro atoms. The molecule has 1 amide bonds. The Labute approximate surface area is 166 Å². The summed E-state index contributed by atoms with van der Waals surface area (Å²) in [6.07, 6.45) is 7.71. The lowest BCUT2D eigenvalue weighted by Gasteiger charge is -2.22. The maximum Gasteiger partial charge on any atom is 0.254 e. The summed E-state index contributed by atoms with van der Waals surface area (Å²) in [7, 11) is -3.57. The number of likely N-dealkylation sites (tertiary alicyclic amines) is 1. The van der Waals surface area contributed by atoms with Crippen LogP contribution in [0, 0.1) is 0 Å². The van der Waals surface area contributed by atoms with E-state index in [1.165, 1.54) is 12.1 Å². The van der Waals surface area contributed by atoms with Gasteiger partial charge in [-0.15, -0.1) is 0 Å². The third kappa shape index (κ3) is 4.34. The second-order valence-electron chi connectivity index (χ2n) is 7.40. The Morgan fingerprint density at radius 1 is 1.04 bits per heavy atom. The van der Waals surface area contributed by atoms with Crippen molar-refractivity contribution in [3.8, 4) is 0 Å². The standard InChI is InChI=1S/C22H24N2O3S/c25-22(18-8-4-10-21(16-18)28(26,27)23-19-12-13-19)24-15-5-9-20(24)14-11-17-6-2-1-3-7-17/h1-4,6-8,10-11,14,16,19-20,23H,5,9,12-13,15H2. The zero-order valence-electron chi connectivity index (χ0n) is 15.6. The van der Waals surface area contributed by atoms with Gasteiger partial charge in [-0.2, -0.15) is 0 Å². The predicted octanol–water partition coefficient (Wildman–Crippen LogP) is 3.45. The van der Waals surface area contributed by atoms with Crippen LogP contribution in [-0.4, -0.2) is 37.9 Å². The van der Waals surface area contributed by atoms with Crippen molar-refractivity contribution in [2.24, 2.45) is 0 Å². The van der Waals surface area contributed by atoms with Gasteiger partial charge in [0.15, 0.2) is 0 Å². The van der Waals surface area contributed by atoms with Crippen LogP contribution in [0.2, 0.25) is 0 Å². The van der Waals surface area contributed by atoms with Gasteiger partial charge in [0.2, 0.25) is 10.0 Å². The molecule has 6 heteroatoms. The van der Waals surface area contributed by atoms with Gasteiger partial charge in [-0.25, -0.2) is 13.1 Å². The normalized spacial score (nSPS) is 20.0. The minimum absolute atomic E-state index is 0.0255. The van der Waals surface area contributed by atoms with Crippen LogP contribution in [0.3, 0.4) is 0 Å². The predicted molar refractivity (Wildman–Crippen MR) is 109 cm³/mol. The molecule has 2 aliphatic rings. The van der Waals surface area contributed by atoms with E-state index in [0.29, 0.717) is 12.1 Å². The van der Waals surface area contributed by atoms with E-state index < -0.39 is 10.0 Å². The number of carbonyl (C=O) groups excluding carboxylic acids is 1. The minimum atomic E-state index is -3.57. The van der Waals surface area contributed by atoms with Crippen molar-refractivity contribution in [1.82, 2.24) is 9.62 Å². The molecule has 1 unspecified atom stereocenters. The fourth-order valence-electron chi connectivity index (χ4n) is 3.48. The summed E-state index contributed by atoms with van der Waals surface area (Å²) in [5, 5.41) is 0. The molecule has 1 aliphatic heterocycles. The van der Waals surface area contributed by atoms with E-state index in [4.69, 9.17) is 0 Å². The first kappa shape index (κ1) is 18.9. The minimum Gasteiger partial charge on any atom is -0.332 e. The second-order valence-corrected chi connectivity index (χ2v) is 9.12. The van der Waals surface area contributed by atoms with Gasteiger partial charge in [0.25, 0.3) is 5.91 Å². The first-order chi connectivity index (χ1) is 13.5. The van der Waals surface area contributed by atoms with Crippen LogP contribution in [-0.2, 0) is 10.0 Å². The molecule has 0 radical (unpaired) electrons. The highest BCUT2D eigenvalue weighted by Crippen LogP contribution is 2.25. The first-order valence-electron chi connectivity index (χ1n) is 9.69. The lowest BCUT2D eigenvalue weighted by atomic mass is 10.1. The van der Waals surface area contributed by atoms with Crippen molar-refractivity contribution >= 4 is 22.0 Å². The molecule has 1 heterocycles. The average Bonchev–Trinajstić information content (AvgIpc) is 3.39. The summed E-state index contributed by atoms with van der Waals surface area (Å²) >= 11 is 0. The summed E-state index contributed by atoms with van der Waals surface area (Å²) in [4.78, 5) is 15.0. The van der Waals surface area contributed by atoms with E-state index in [1.807, 2.05) is 41.3 Å². The number of hydrogen-bond donors (Lipinski definition) is 1. The van der Waals surface area contributed by atoms with Crippen LogP contribution in [0.15, 0.2) is 65.6 Å². The van der Waals surface area contributed by atoms with Gasteiger partial charge < -0.3 is 4.90 Å². The summed E-state index contributed by atoms with van der Waals surface area (Å²) < 4.78 is 27.6. The Morgan fingerprint density at radius 3 is 2.57 bits per heavy atom. The number of nitrogens with zero attached hydrogens (tertiary/aromatic N) is 1. The fraction of sp³-hybridized carbons (Fsp3) is 0.318. The van der Waals surface area contributed by atoms with Crippen molar-refractivity contribution in [3.63, 3.8) is 0 Å². The lowest BCUT2D eigenvalue weighted by molar-refractivity contribution is 0.0761. The largest absolute Gasteiger partial charge is 0.332 e. The van der Waals surface area contributed by atoms with Crippen molar-refractivity contribution in [2.45, 2.75) is 42.7 Å². The lowest BCUT2D eigenvalue weighted by Crippen LogP contribution is -2.34. The number of benzene rings is 2. The van der Waals surface area contributed by atoms with Crippen LogP contribution < -0.4 is 4.72 Å². The maximum atomic E-state index is 13.1. The summed E-state index contributed by atoms with van der Waals surface area (Å²) in [5.41, 5.74) is 1.51. The van der Waals surface area contributed by atoms with Crippen molar-refractivity contribution in [3.05, 3.63) is 71.8 Å². The third-order valence-corrected chi connectivity index (χ3v) is 6.68. The maximum absolute atomic E-state index is 13.1. The molecule has 4 rings (SSSR count). The highest BCUT2D eigenvalue weighted by Gasteiger charge is 2.30. The Balaban J connectivity index is 1.51. The molecule has 1 saturated carbocycles. The zero-order valence-corrected chi connectivity index (χ0v) is 16.4.